The lowest BCUT2D eigenvalue weighted by Gasteiger charge is -2.25. The lowest BCUT2D eigenvalue weighted by molar-refractivity contribution is 0.616. The number of hydrogen-bond donors (Lipinski definition) is 0. The number of hydrogen-bond acceptors (Lipinski definition) is 2. The normalized spacial score (nSPS) is 11.1. The summed E-state index contributed by atoms with van der Waals surface area (Å²) in [4.78, 5) is 11.4. The van der Waals surface area contributed by atoms with Crippen molar-refractivity contribution >= 4 is 15.9 Å². The van der Waals surface area contributed by atoms with E-state index in [9.17, 15) is 4.91 Å². The minimum absolute atomic E-state index is 0.470. The summed E-state index contributed by atoms with van der Waals surface area (Å²) in [7, 11) is 0. The van der Waals surface area contributed by atoms with E-state index in [-0.39, 0.29) is 0 Å². The summed E-state index contributed by atoms with van der Waals surface area (Å²) in [5.74, 6) is 0. The second kappa shape index (κ2) is 5.23. The second-order valence-electron chi connectivity index (χ2n) is 3.82. The first-order chi connectivity index (χ1) is 8.33. The van der Waals surface area contributed by atoms with Crippen molar-refractivity contribution < 1.29 is 0 Å². The summed E-state index contributed by atoms with van der Waals surface area (Å²) in [6, 6.07) is 19.2. The van der Waals surface area contributed by atoms with Crippen molar-refractivity contribution in [2.24, 2.45) is 5.18 Å². The van der Waals surface area contributed by atoms with Crippen molar-refractivity contribution in [3.05, 3.63) is 76.7 Å². The van der Waals surface area contributed by atoms with E-state index in [2.05, 4.69) is 21.1 Å². The van der Waals surface area contributed by atoms with Crippen molar-refractivity contribution in [3.8, 4) is 0 Å². The molecule has 0 N–H and O–H groups in total. The van der Waals surface area contributed by atoms with E-state index >= 15 is 0 Å². The highest BCUT2D eigenvalue weighted by atomic mass is 79.9. The van der Waals surface area contributed by atoms with Crippen LogP contribution in [0.15, 0.2) is 65.8 Å². The SMILES string of the molecule is O=NC(CBr)(c1ccccc1)c1ccccc1. The van der Waals surface area contributed by atoms with Crippen molar-refractivity contribution in [2.75, 3.05) is 5.33 Å². The molecule has 0 atom stereocenters. The van der Waals surface area contributed by atoms with Gasteiger partial charge in [-0.15, -0.1) is 4.91 Å². The van der Waals surface area contributed by atoms with Gasteiger partial charge in [0.2, 0.25) is 0 Å². The van der Waals surface area contributed by atoms with E-state index in [0.29, 0.717) is 5.33 Å². The molecule has 0 heterocycles. The van der Waals surface area contributed by atoms with Crippen LogP contribution in [0.2, 0.25) is 0 Å². The largest absolute Gasteiger partial charge is 0.162 e. The lowest BCUT2D eigenvalue weighted by Crippen LogP contribution is -2.26. The Hall–Kier alpha value is -1.48. The molecular formula is C14H12BrNO. The molecule has 0 aliphatic carbocycles. The summed E-state index contributed by atoms with van der Waals surface area (Å²) < 4.78 is 0. The minimum Gasteiger partial charge on any atom is -0.149 e. The third-order valence-corrected chi connectivity index (χ3v) is 3.66. The molecular weight excluding hydrogens is 278 g/mol. The average molecular weight is 290 g/mol. The fourth-order valence-electron chi connectivity index (χ4n) is 1.88. The van der Waals surface area contributed by atoms with Gasteiger partial charge in [-0.3, -0.25) is 0 Å². The summed E-state index contributed by atoms with van der Waals surface area (Å²) in [6.45, 7) is 0. The Morgan fingerprint density at radius 1 is 0.882 bits per heavy atom. The molecule has 0 unspecified atom stereocenters. The highest BCUT2D eigenvalue weighted by Crippen LogP contribution is 2.35. The van der Waals surface area contributed by atoms with Crippen LogP contribution in [-0.2, 0) is 5.54 Å². The maximum atomic E-state index is 11.4. The molecule has 2 nitrogen and oxygen atoms in total. The molecule has 0 fully saturated rings. The van der Waals surface area contributed by atoms with Crippen LogP contribution < -0.4 is 0 Å². The van der Waals surface area contributed by atoms with Gasteiger partial charge < -0.3 is 0 Å². The molecule has 0 bridgehead atoms. The number of rotatable bonds is 4. The van der Waals surface area contributed by atoms with Crippen molar-refractivity contribution in [1.29, 1.82) is 0 Å². The molecule has 2 aromatic rings. The predicted octanol–water partition coefficient (Wildman–Crippen LogP) is 4.09. The van der Waals surface area contributed by atoms with E-state index in [1.54, 1.807) is 0 Å². The highest BCUT2D eigenvalue weighted by Gasteiger charge is 2.34. The Morgan fingerprint density at radius 2 is 1.29 bits per heavy atom. The fraction of sp³-hybridized carbons (Fsp3) is 0.143. The van der Waals surface area contributed by atoms with E-state index in [1.807, 2.05) is 60.7 Å². The highest BCUT2D eigenvalue weighted by molar-refractivity contribution is 9.09. The van der Waals surface area contributed by atoms with Gasteiger partial charge in [-0.05, 0) is 11.1 Å². The molecule has 0 saturated heterocycles. The molecule has 0 aliphatic rings. The molecule has 0 spiro atoms. The van der Waals surface area contributed by atoms with Crippen LogP contribution >= 0.6 is 15.9 Å². The number of nitroso groups, excluding NO2 is 1. The van der Waals surface area contributed by atoms with Crippen molar-refractivity contribution in [2.45, 2.75) is 5.54 Å². The van der Waals surface area contributed by atoms with Crippen LogP contribution in [0.3, 0.4) is 0 Å². The molecule has 2 aromatic carbocycles. The van der Waals surface area contributed by atoms with Crippen LogP contribution in [0, 0.1) is 4.91 Å². The zero-order chi connectivity index (χ0) is 12.1. The molecule has 0 amide bonds. The summed E-state index contributed by atoms with van der Waals surface area (Å²) in [5, 5.41) is 3.85. The number of halogens is 1. The van der Waals surface area contributed by atoms with Gasteiger partial charge in [0.25, 0.3) is 0 Å². The number of benzene rings is 2. The maximum Gasteiger partial charge on any atom is 0.162 e. The van der Waals surface area contributed by atoms with E-state index in [4.69, 9.17) is 0 Å². The second-order valence-corrected chi connectivity index (χ2v) is 4.38. The number of nitrogens with zero attached hydrogens (tertiary/aromatic N) is 1. The van der Waals surface area contributed by atoms with Gasteiger partial charge in [0, 0.05) is 5.33 Å². The smallest absolute Gasteiger partial charge is 0.149 e. The Balaban J connectivity index is 2.58. The van der Waals surface area contributed by atoms with Crippen LogP contribution in [0.4, 0.5) is 0 Å². The van der Waals surface area contributed by atoms with E-state index in [1.165, 1.54) is 0 Å². The van der Waals surface area contributed by atoms with Gasteiger partial charge in [-0.1, -0.05) is 81.8 Å². The lowest BCUT2D eigenvalue weighted by atomic mass is 9.86. The van der Waals surface area contributed by atoms with Gasteiger partial charge in [-0.2, -0.15) is 0 Å². The zero-order valence-corrected chi connectivity index (χ0v) is 10.8. The van der Waals surface area contributed by atoms with Gasteiger partial charge in [0.15, 0.2) is 5.54 Å². The monoisotopic (exact) mass is 289 g/mol. The third kappa shape index (κ3) is 2.15. The molecule has 0 saturated carbocycles. The van der Waals surface area contributed by atoms with Crippen molar-refractivity contribution in [1.82, 2.24) is 0 Å². The predicted molar refractivity (Wildman–Crippen MR) is 73.3 cm³/mol. The molecule has 86 valence electrons. The Kier molecular flexibility index (Phi) is 3.69. The topological polar surface area (TPSA) is 29.4 Å². The van der Waals surface area contributed by atoms with E-state index < -0.39 is 5.54 Å². The Morgan fingerprint density at radius 3 is 1.59 bits per heavy atom. The zero-order valence-electron chi connectivity index (χ0n) is 9.21. The summed E-state index contributed by atoms with van der Waals surface area (Å²) >= 11 is 3.41. The van der Waals surface area contributed by atoms with Crippen LogP contribution in [0.1, 0.15) is 11.1 Å². The molecule has 0 aliphatic heterocycles. The van der Waals surface area contributed by atoms with Gasteiger partial charge >= 0.3 is 0 Å². The Bertz CT molecular complexity index is 445. The van der Waals surface area contributed by atoms with Gasteiger partial charge in [0.1, 0.15) is 0 Å². The standard InChI is InChI=1S/C14H12BrNO/c15-11-14(16-17,12-7-3-1-4-8-12)13-9-5-2-6-10-13/h1-10H,11H2. The molecule has 0 aromatic heterocycles. The summed E-state index contributed by atoms with van der Waals surface area (Å²) in [6.07, 6.45) is 0. The molecule has 3 heteroatoms. The first-order valence-corrected chi connectivity index (χ1v) is 6.47. The Labute approximate surface area is 109 Å². The number of alkyl halides is 1. The van der Waals surface area contributed by atoms with Gasteiger partial charge in [-0.25, -0.2) is 0 Å². The van der Waals surface area contributed by atoms with Crippen LogP contribution in [0.25, 0.3) is 0 Å². The first-order valence-electron chi connectivity index (χ1n) is 5.35. The quantitative estimate of drug-likeness (QED) is 0.616. The minimum atomic E-state index is -0.845. The molecule has 0 radical (unpaired) electrons. The average Bonchev–Trinajstić information content (AvgIpc) is 2.43. The van der Waals surface area contributed by atoms with Crippen LogP contribution in [-0.4, -0.2) is 5.33 Å². The first kappa shape index (κ1) is 12.0. The van der Waals surface area contributed by atoms with E-state index in [0.717, 1.165) is 11.1 Å². The molecule has 2 rings (SSSR count). The van der Waals surface area contributed by atoms with Crippen LogP contribution in [0.5, 0.6) is 0 Å². The van der Waals surface area contributed by atoms with Gasteiger partial charge in [0.05, 0.1) is 0 Å². The maximum absolute atomic E-state index is 11.4. The third-order valence-electron chi connectivity index (χ3n) is 2.85. The van der Waals surface area contributed by atoms with Crippen molar-refractivity contribution in [3.63, 3.8) is 0 Å². The molecule has 17 heavy (non-hydrogen) atoms. The summed E-state index contributed by atoms with van der Waals surface area (Å²) in [5.41, 5.74) is 0.957. The fourth-order valence-corrected chi connectivity index (χ4v) is 2.63.